The SMILES string of the molecule is CN(CC(=O)N1CCCC1C1CCCCC1)C(=O)c1ccc(Br)s1. The molecular formula is C18H25BrN2O2S. The Kier molecular flexibility index (Phi) is 5.98. The predicted molar refractivity (Wildman–Crippen MR) is 100 cm³/mol. The largest absolute Gasteiger partial charge is 0.338 e. The maximum absolute atomic E-state index is 12.8. The van der Waals surface area contributed by atoms with Crippen molar-refractivity contribution in [2.24, 2.45) is 5.92 Å². The van der Waals surface area contributed by atoms with Crippen molar-refractivity contribution < 1.29 is 9.59 Å². The Morgan fingerprint density at radius 3 is 2.62 bits per heavy atom. The third-order valence-electron chi connectivity index (χ3n) is 5.32. The van der Waals surface area contributed by atoms with E-state index in [1.807, 2.05) is 6.07 Å². The first-order chi connectivity index (χ1) is 11.6. The van der Waals surface area contributed by atoms with Crippen LogP contribution in [0.15, 0.2) is 15.9 Å². The lowest BCUT2D eigenvalue weighted by molar-refractivity contribution is -0.133. The number of nitrogens with zero attached hydrogens (tertiary/aromatic N) is 2. The predicted octanol–water partition coefficient (Wildman–Crippen LogP) is 4.15. The van der Waals surface area contributed by atoms with Gasteiger partial charge in [-0.05, 0) is 59.7 Å². The average Bonchev–Trinajstić information content (AvgIpc) is 3.23. The highest BCUT2D eigenvalue weighted by Crippen LogP contribution is 2.34. The van der Waals surface area contributed by atoms with Crippen molar-refractivity contribution in [3.8, 4) is 0 Å². The van der Waals surface area contributed by atoms with Gasteiger partial charge in [-0.2, -0.15) is 0 Å². The van der Waals surface area contributed by atoms with E-state index in [2.05, 4.69) is 20.8 Å². The van der Waals surface area contributed by atoms with Crippen LogP contribution < -0.4 is 0 Å². The molecule has 2 aliphatic rings. The van der Waals surface area contributed by atoms with Gasteiger partial charge < -0.3 is 9.80 Å². The van der Waals surface area contributed by atoms with Gasteiger partial charge in [-0.3, -0.25) is 9.59 Å². The Balaban J connectivity index is 1.59. The van der Waals surface area contributed by atoms with Crippen molar-refractivity contribution in [3.63, 3.8) is 0 Å². The number of likely N-dealkylation sites (N-methyl/N-ethyl adjacent to an activating group) is 1. The molecule has 1 aromatic heterocycles. The lowest BCUT2D eigenvalue weighted by Crippen LogP contribution is -2.46. The summed E-state index contributed by atoms with van der Waals surface area (Å²) in [6.07, 6.45) is 8.68. The van der Waals surface area contributed by atoms with Crippen LogP contribution >= 0.6 is 27.3 Å². The molecule has 0 bridgehead atoms. The summed E-state index contributed by atoms with van der Waals surface area (Å²) in [6, 6.07) is 4.07. The van der Waals surface area contributed by atoms with Crippen molar-refractivity contribution in [1.29, 1.82) is 0 Å². The Labute approximate surface area is 156 Å². The summed E-state index contributed by atoms with van der Waals surface area (Å²) in [4.78, 5) is 29.5. The van der Waals surface area contributed by atoms with Crippen LogP contribution in [0.1, 0.15) is 54.6 Å². The number of rotatable bonds is 4. The van der Waals surface area contributed by atoms with Gasteiger partial charge in [0.25, 0.3) is 5.91 Å². The van der Waals surface area contributed by atoms with Gasteiger partial charge in [0.1, 0.15) is 0 Å². The van der Waals surface area contributed by atoms with Crippen LogP contribution in [0.4, 0.5) is 0 Å². The summed E-state index contributed by atoms with van der Waals surface area (Å²) in [5.41, 5.74) is 0. The molecule has 4 nitrogen and oxygen atoms in total. The zero-order chi connectivity index (χ0) is 17.1. The molecule has 6 heteroatoms. The summed E-state index contributed by atoms with van der Waals surface area (Å²) in [6.45, 7) is 1.03. The number of amides is 2. The molecule has 0 aromatic carbocycles. The molecule has 0 spiro atoms. The van der Waals surface area contributed by atoms with Gasteiger partial charge in [-0.25, -0.2) is 0 Å². The molecule has 2 heterocycles. The first kappa shape index (κ1) is 17.9. The summed E-state index contributed by atoms with van der Waals surface area (Å²) in [7, 11) is 1.72. The minimum Gasteiger partial charge on any atom is -0.338 e. The van der Waals surface area contributed by atoms with E-state index in [1.54, 1.807) is 18.0 Å². The topological polar surface area (TPSA) is 40.6 Å². The fourth-order valence-corrected chi connectivity index (χ4v) is 5.47. The van der Waals surface area contributed by atoms with Gasteiger partial charge in [0.15, 0.2) is 0 Å². The molecule has 1 unspecified atom stereocenters. The summed E-state index contributed by atoms with van der Waals surface area (Å²) >= 11 is 4.79. The Morgan fingerprint density at radius 1 is 1.21 bits per heavy atom. The molecule has 24 heavy (non-hydrogen) atoms. The van der Waals surface area contributed by atoms with Crippen LogP contribution in [0.3, 0.4) is 0 Å². The number of carbonyl (C=O) groups is 2. The van der Waals surface area contributed by atoms with Crippen LogP contribution in [0.25, 0.3) is 0 Å². The van der Waals surface area contributed by atoms with Crippen LogP contribution in [0.2, 0.25) is 0 Å². The minimum absolute atomic E-state index is 0.0764. The fraction of sp³-hybridized carbons (Fsp3) is 0.667. The van der Waals surface area contributed by atoms with E-state index in [-0.39, 0.29) is 18.4 Å². The molecule has 0 radical (unpaired) electrons. The number of carbonyl (C=O) groups excluding carboxylic acids is 2. The molecule has 2 fully saturated rings. The van der Waals surface area contributed by atoms with E-state index in [0.717, 1.165) is 23.2 Å². The zero-order valence-electron chi connectivity index (χ0n) is 14.2. The maximum Gasteiger partial charge on any atom is 0.264 e. The molecule has 1 saturated carbocycles. The van der Waals surface area contributed by atoms with Crippen molar-refractivity contribution in [3.05, 3.63) is 20.8 Å². The fourth-order valence-electron chi connectivity index (χ4n) is 4.09. The van der Waals surface area contributed by atoms with Crippen molar-refractivity contribution in [2.75, 3.05) is 20.1 Å². The van der Waals surface area contributed by atoms with Gasteiger partial charge in [-0.1, -0.05) is 19.3 Å². The van der Waals surface area contributed by atoms with Crippen LogP contribution in [-0.2, 0) is 4.79 Å². The molecule has 132 valence electrons. The van der Waals surface area contributed by atoms with Gasteiger partial charge in [-0.15, -0.1) is 11.3 Å². The van der Waals surface area contributed by atoms with Crippen molar-refractivity contribution in [2.45, 2.75) is 51.0 Å². The number of hydrogen-bond donors (Lipinski definition) is 0. The quantitative estimate of drug-likeness (QED) is 0.744. The minimum atomic E-state index is -0.0764. The van der Waals surface area contributed by atoms with E-state index in [0.29, 0.717) is 16.8 Å². The average molecular weight is 413 g/mol. The second-order valence-corrected chi connectivity index (χ2v) is 9.42. The highest BCUT2D eigenvalue weighted by atomic mass is 79.9. The van der Waals surface area contributed by atoms with Gasteiger partial charge in [0.2, 0.25) is 5.91 Å². The van der Waals surface area contributed by atoms with Crippen molar-refractivity contribution in [1.82, 2.24) is 9.80 Å². The first-order valence-electron chi connectivity index (χ1n) is 8.86. The van der Waals surface area contributed by atoms with E-state index in [1.165, 1.54) is 43.4 Å². The van der Waals surface area contributed by atoms with E-state index < -0.39 is 0 Å². The molecule has 1 saturated heterocycles. The zero-order valence-corrected chi connectivity index (χ0v) is 16.6. The van der Waals surface area contributed by atoms with Gasteiger partial charge in [0.05, 0.1) is 15.2 Å². The van der Waals surface area contributed by atoms with Crippen LogP contribution in [-0.4, -0.2) is 47.8 Å². The highest BCUT2D eigenvalue weighted by Gasteiger charge is 2.35. The van der Waals surface area contributed by atoms with Crippen molar-refractivity contribution >= 4 is 39.1 Å². The smallest absolute Gasteiger partial charge is 0.264 e. The summed E-state index contributed by atoms with van der Waals surface area (Å²) < 4.78 is 0.933. The van der Waals surface area contributed by atoms with E-state index in [4.69, 9.17) is 0 Å². The maximum atomic E-state index is 12.8. The lowest BCUT2D eigenvalue weighted by Gasteiger charge is -2.34. The lowest BCUT2D eigenvalue weighted by atomic mass is 9.83. The second kappa shape index (κ2) is 8.00. The normalized spacial score (nSPS) is 21.9. The molecule has 1 aromatic rings. The second-order valence-electron chi connectivity index (χ2n) is 6.96. The highest BCUT2D eigenvalue weighted by molar-refractivity contribution is 9.11. The number of thiophene rings is 1. The Hall–Kier alpha value is -0.880. The third-order valence-corrected chi connectivity index (χ3v) is 6.93. The molecule has 2 amide bonds. The third kappa shape index (κ3) is 4.02. The Morgan fingerprint density at radius 2 is 1.96 bits per heavy atom. The molecule has 1 atom stereocenters. The van der Waals surface area contributed by atoms with E-state index >= 15 is 0 Å². The standard InChI is InChI=1S/C18H25BrN2O2S/c1-20(18(23)15-9-10-16(19)24-15)12-17(22)21-11-5-8-14(21)13-6-3-2-4-7-13/h9-10,13-14H,2-8,11-12H2,1H3. The molecule has 1 aliphatic carbocycles. The summed E-state index contributed by atoms with van der Waals surface area (Å²) in [5, 5.41) is 0. The van der Waals surface area contributed by atoms with Gasteiger partial charge >= 0.3 is 0 Å². The number of hydrogen-bond acceptors (Lipinski definition) is 3. The molecule has 0 N–H and O–H groups in total. The number of likely N-dealkylation sites (tertiary alicyclic amines) is 1. The van der Waals surface area contributed by atoms with Gasteiger partial charge in [0, 0.05) is 19.6 Å². The Bertz CT molecular complexity index is 598. The number of halogens is 1. The summed E-state index contributed by atoms with van der Waals surface area (Å²) in [5.74, 6) is 0.696. The van der Waals surface area contributed by atoms with Crippen LogP contribution in [0, 0.1) is 5.92 Å². The van der Waals surface area contributed by atoms with Crippen LogP contribution in [0.5, 0.6) is 0 Å². The molecule has 1 aliphatic heterocycles. The molecular weight excluding hydrogens is 388 g/mol. The monoisotopic (exact) mass is 412 g/mol. The van der Waals surface area contributed by atoms with E-state index in [9.17, 15) is 9.59 Å². The molecule has 3 rings (SSSR count). The first-order valence-corrected chi connectivity index (χ1v) is 10.5.